The largest absolute Gasteiger partial charge is 0.446 e. The average Bonchev–Trinajstić information content (AvgIpc) is 3.52. The summed E-state index contributed by atoms with van der Waals surface area (Å²) < 4.78 is 5.44. The summed E-state index contributed by atoms with van der Waals surface area (Å²) in [5, 5.41) is 11.6. The van der Waals surface area contributed by atoms with E-state index in [-0.39, 0.29) is 18.8 Å². The highest BCUT2D eigenvalue weighted by molar-refractivity contribution is 6.07. The number of carbonyl (C=O) groups is 3. The number of aliphatic hydroxyl groups is 1. The molecular weight excluding hydrogens is 624 g/mol. The molecule has 1 N–H and O–H groups in total. The number of amides is 2. The van der Waals surface area contributed by atoms with Gasteiger partial charge in [-0.05, 0) is 53.6 Å². The molecule has 0 aliphatic carbocycles. The summed E-state index contributed by atoms with van der Waals surface area (Å²) >= 11 is 0. The number of hydrogen-bond donors (Lipinski definition) is 1. The minimum atomic E-state index is -1.23. The van der Waals surface area contributed by atoms with Gasteiger partial charge in [0.25, 0.3) is 0 Å². The van der Waals surface area contributed by atoms with Crippen molar-refractivity contribution in [3.05, 3.63) is 138 Å². The lowest BCUT2D eigenvalue weighted by Gasteiger charge is -2.33. The maximum Gasteiger partial charge on any atom is 0.417 e. The summed E-state index contributed by atoms with van der Waals surface area (Å²) in [6.45, 7) is 7.28. The van der Waals surface area contributed by atoms with Gasteiger partial charge in [0.15, 0.2) is 0 Å². The molecule has 0 aromatic heterocycles. The highest BCUT2D eigenvalue weighted by atomic mass is 16.6. The summed E-state index contributed by atoms with van der Waals surface area (Å²) in [5.74, 6) is -2.66. The Bertz CT molecular complexity index is 1650. The van der Waals surface area contributed by atoms with Crippen molar-refractivity contribution in [3.8, 4) is 0 Å². The van der Waals surface area contributed by atoms with Crippen LogP contribution in [0.2, 0.25) is 0 Å². The van der Waals surface area contributed by atoms with Gasteiger partial charge in [-0.2, -0.15) is 0 Å². The third-order valence-electron chi connectivity index (χ3n) is 9.78. The summed E-state index contributed by atoms with van der Waals surface area (Å²) in [6.07, 6.45) is 1.87. The number of cyclic esters (lactones) is 1. The number of ketones is 1. The van der Waals surface area contributed by atoms with E-state index in [1.807, 2.05) is 99.6 Å². The molecule has 0 bridgehead atoms. The Hall–Kier alpha value is -4.75. The Morgan fingerprint density at radius 1 is 0.820 bits per heavy atom. The van der Waals surface area contributed by atoms with Crippen molar-refractivity contribution in [2.24, 2.45) is 5.92 Å². The molecule has 0 radical (unpaired) electrons. The van der Waals surface area contributed by atoms with Gasteiger partial charge in [0.2, 0.25) is 5.91 Å². The molecule has 2 amide bonds. The highest BCUT2D eigenvalue weighted by Crippen LogP contribution is 2.39. The first kappa shape index (κ1) is 36.5. The van der Waals surface area contributed by atoms with Crippen molar-refractivity contribution in [1.82, 2.24) is 4.90 Å². The lowest BCUT2D eigenvalue weighted by Crippen LogP contribution is -2.46. The van der Waals surface area contributed by atoms with Crippen molar-refractivity contribution >= 4 is 23.5 Å². The van der Waals surface area contributed by atoms with Crippen LogP contribution >= 0.6 is 0 Å². The Kier molecular flexibility index (Phi) is 12.6. The second-order valence-corrected chi connectivity index (χ2v) is 13.5. The van der Waals surface area contributed by atoms with E-state index in [0.717, 1.165) is 32.8 Å². The molecule has 0 spiro atoms. The van der Waals surface area contributed by atoms with Gasteiger partial charge in [-0.15, -0.1) is 0 Å². The van der Waals surface area contributed by atoms with Crippen molar-refractivity contribution in [2.45, 2.75) is 89.9 Å². The van der Waals surface area contributed by atoms with E-state index in [4.69, 9.17) is 4.74 Å². The molecule has 5 rings (SSSR count). The minimum absolute atomic E-state index is 0.0192. The first-order valence-corrected chi connectivity index (χ1v) is 18.0. The third-order valence-corrected chi connectivity index (χ3v) is 9.78. The molecule has 1 aliphatic rings. The highest BCUT2D eigenvalue weighted by Gasteiger charge is 2.47. The Labute approximate surface area is 296 Å². The van der Waals surface area contributed by atoms with Gasteiger partial charge in [-0.3, -0.25) is 9.59 Å². The summed E-state index contributed by atoms with van der Waals surface area (Å²) in [6, 6.07) is 37.3. The maximum absolute atomic E-state index is 14.8. The van der Waals surface area contributed by atoms with E-state index < -0.39 is 35.5 Å². The fourth-order valence-corrected chi connectivity index (χ4v) is 7.40. The number of nitrogens with zero attached hydrogens (tertiary/aromatic N) is 2. The van der Waals surface area contributed by atoms with Gasteiger partial charge >= 0.3 is 6.09 Å². The molecule has 1 heterocycles. The molecule has 3 atom stereocenters. The lowest BCUT2D eigenvalue weighted by molar-refractivity contribution is -0.143. The van der Waals surface area contributed by atoms with Crippen LogP contribution < -0.4 is 4.90 Å². The van der Waals surface area contributed by atoms with Gasteiger partial charge in [0.05, 0.1) is 5.60 Å². The Balaban J connectivity index is 1.55. The number of anilines is 1. The van der Waals surface area contributed by atoms with E-state index in [0.29, 0.717) is 45.2 Å². The molecule has 4 aromatic rings. The second-order valence-electron chi connectivity index (χ2n) is 13.5. The van der Waals surface area contributed by atoms with Crippen LogP contribution in [-0.2, 0) is 27.4 Å². The van der Waals surface area contributed by atoms with Crippen LogP contribution in [0.1, 0.15) is 93.5 Å². The van der Waals surface area contributed by atoms with E-state index in [2.05, 4.69) is 41.3 Å². The van der Waals surface area contributed by atoms with E-state index in [9.17, 15) is 19.5 Å². The molecule has 1 fully saturated rings. The average molecular weight is 675 g/mol. The topological polar surface area (TPSA) is 87.2 Å². The zero-order valence-electron chi connectivity index (χ0n) is 29.5. The van der Waals surface area contributed by atoms with Crippen LogP contribution in [0.4, 0.5) is 10.5 Å². The van der Waals surface area contributed by atoms with Gasteiger partial charge in [-0.25, -0.2) is 9.69 Å². The standard InChI is InChI=1S/C43H50N2O5/c1-4-25-43(49,26-5-2)28-39(46)40(41(47)45-38(31-50-42(45)48)34-21-14-9-15-22-34)37(6-3)35-23-16-24-36(27-35)44(29-32-17-10-7-11-18-32)30-33-19-12-8-13-20-33/h7-24,27,37-38,40,49H,4-6,25-26,28-31H2,1-3H3/t37?,38-,40?/m1/s1. The molecule has 7 nitrogen and oxygen atoms in total. The molecule has 7 heteroatoms. The SMILES string of the molecule is CCCC(O)(CCC)CC(=O)C(C(=O)N1C(=O)OC[C@@H]1c1ccccc1)C(CC)c1cccc(N(Cc2ccccc2)Cc2ccccc2)c1. The van der Waals surface area contributed by atoms with Crippen molar-refractivity contribution in [1.29, 1.82) is 0 Å². The summed E-state index contributed by atoms with van der Waals surface area (Å²) in [7, 11) is 0. The van der Waals surface area contributed by atoms with Gasteiger partial charge < -0.3 is 14.7 Å². The van der Waals surface area contributed by atoms with Crippen LogP contribution in [0.3, 0.4) is 0 Å². The molecule has 1 aliphatic heterocycles. The summed E-state index contributed by atoms with van der Waals surface area (Å²) in [5.41, 5.74) is 3.65. The minimum Gasteiger partial charge on any atom is -0.446 e. The summed E-state index contributed by atoms with van der Waals surface area (Å²) in [4.78, 5) is 46.0. The first-order valence-electron chi connectivity index (χ1n) is 18.0. The van der Waals surface area contributed by atoms with Crippen molar-refractivity contribution in [2.75, 3.05) is 11.5 Å². The quantitative estimate of drug-likeness (QED) is 0.113. The van der Waals surface area contributed by atoms with Gasteiger partial charge in [0, 0.05) is 31.1 Å². The lowest BCUT2D eigenvalue weighted by atomic mass is 9.76. The number of carbonyl (C=O) groups excluding carboxylic acids is 3. The number of imide groups is 1. The number of hydrogen-bond acceptors (Lipinski definition) is 6. The van der Waals surface area contributed by atoms with Crippen molar-refractivity contribution < 1.29 is 24.2 Å². The predicted octanol–water partition coefficient (Wildman–Crippen LogP) is 9.01. The zero-order valence-corrected chi connectivity index (χ0v) is 29.5. The maximum atomic E-state index is 14.8. The van der Waals surface area contributed by atoms with Crippen LogP contribution in [0, 0.1) is 5.92 Å². The Morgan fingerprint density at radius 3 is 1.92 bits per heavy atom. The molecule has 4 aromatic carbocycles. The fourth-order valence-electron chi connectivity index (χ4n) is 7.40. The molecular formula is C43H50N2O5. The van der Waals surface area contributed by atoms with Gasteiger partial charge in [0.1, 0.15) is 24.3 Å². The number of benzene rings is 4. The predicted molar refractivity (Wildman–Crippen MR) is 198 cm³/mol. The molecule has 1 saturated heterocycles. The van der Waals surface area contributed by atoms with E-state index in [1.165, 1.54) is 0 Å². The number of Topliss-reactive ketones (excluding diaryl/α,β-unsaturated/α-hetero) is 1. The van der Waals surface area contributed by atoms with Crippen LogP contribution in [0.15, 0.2) is 115 Å². The fraction of sp³-hybridized carbons (Fsp3) is 0.372. The second kappa shape index (κ2) is 17.3. The molecule has 262 valence electrons. The first-order chi connectivity index (χ1) is 24.3. The van der Waals surface area contributed by atoms with Crippen LogP contribution in [0.25, 0.3) is 0 Å². The van der Waals surface area contributed by atoms with E-state index >= 15 is 0 Å². The monoisotopic (exact) mass is 674 g/mol. The molecule has 2 unspecified atom stereocenters. The Morgan fingerprint density at radius 2 is 1.38 bits per heavy atom. The van der Waals surface area contributed by atoms with Gasteiger partial charge in [-0.1, -0.05) is 137 Å². The normalized spacial score (nSPS) is 15.7. The van der Waals surface area contributed by atoms with Crippen LogP contribution in [0.5, 0.6) is 0 Å². The van der Waals surface area contributed by atoms with Crippen molar-refractivity contribution in [3.63, 3.8) is 0 Å². The third kappa shape index (κ3) is 8.88. The number of ether oxygens (including phenoxy) is 1. The molecule has 50 heavy (non-hydrogen) atoms. The zero-order chi connectivity index (χ0) is 35.5. The number of rotatable bonds is 17. The smallest absolute Gasteiger partial charge is 0.417 e. The molecule has 0 saturated carbocycles. The van der Waals surface area contributed by atoms with E-state index in [1.54, 1.807) is 0 Å². The van der Waals surface area contributed by atoms with Crippen LogP contribution in [-0.4, -0.2) is 40.0 Å².